The van der Waals surface area contributed by atoms with Crippen molar-refractivity contribution in [1.82, 2.24) is 45.6 Å². The molecule has 8 rings (SSSR count). The van der Waals surface area contributed by atoms with E-state index in [0.717, 1.165) is 68.2 Å². The summed E-state index contributed by atoms with van der Waals surface area (Å²) in [5.74, 6) is 1.43. The van der Waals surface area contributed by atoms with E-state index in [1.165, 1.54) is 0 Å². The monoisotopic (exact) mass is 625 g/mol. The first-order valence-electron chi connectivity index (χ1n) is 15.1. The van der Waals surface area contributed by atoms with Crippen molar-refractivity contribution in [2.45, 2.75) is 32.7 Å². The molecule has 0 spiro atoms. The molecule has 5 N–H and O–H groups in total. The number of amides is 1. The van der Waals surface area contributed by atoms with Crippen LogP contribution in [0.15, 0.2) is 91.0 Å². The summed E-state index contributed by atoms with van der Waals surface area (Å²) < 4.78 is 0. The minimum absolute atomic E-state index is 0.0580. The summed E-state index contributed by atoms with van der Waals surface area (Å²) in [6.45, 7) is 4.15. The van der Waals surface area contributed by atoms with Crippen LogP contribution < -0.4 is 5.32 Å². The zero-order chi connectivity index (χ0) is 32.8. The number of aromatic amines is 4. The lowest BCUT2D eigenvalue weighted by atomic mass is 10.1. The molecule has 12 nitrogen and oxygen atoms in total. The minimum atomic E-state index is -0.0580. The standard InChI is InChI=1S/C20H21N5O.C14H10N4.CO2/c1-3-13(4-2)21-20(26)12-9-10-15-14(11-12)18(25-24-15)19-22-16-7-5-6-8-17(16)23-19;1-2-6-10-9(5-1)13(18-17-10)14-15-11-7-3-4-8-12(11)16-14;2-1-3/h5-11,13H,3-4H2,1-2H3,(H,21,26)(H,22,23)(H,24,25);1-8H,(H,15,16)(H,17,18);. The van der Waals surface area contributed by atoms with Crippen LogP contribution in [-0.4, -0.2) is 58.4 Å². The quantitative estimate of drug-likeness (QED) is 0.139. The topological polar surface area (TPSA) is 178 Å². The molecule has 0 aliphatic heterocycles. The van der Waals surface area contributed by atoms with Gasteiger partial charge in [-0.05, 0) is 61.4 Å². The summed E-state index contributed by atoms with van der Waals surface area (Å²) in [6, 6.07) is 29.7. The molecule has 234 valence electrons. The fourth-order valence-corrected chi connectivity index (χ4v) is 5.37. The lowest BCUT2D eigenvalue weighted by molar-refractivity contribution is -0.191. The number of aromatic nitrogens is 8. The summed E-state index contributed by atoms with van der Waals surface area (Å²) >= 11 is 0. The number of hydrogen-bond donors (Lipinski definition) is 5. The van der Waals surface area contributed by atoms with Crippen LogP contribution in [0, 0.1) is 0 Å². The maximum absolute atomic E-state index is 12.6. The molecule has 0 unspecified atom stereocenters. The molecule has 0 bridgehead atoms. The van der Waals surface area contributed by atoms with Crippen molar-refractivity contribution in [2.24, 2.45) is 0 Å². The Bertz CT molecular complexity index is 2270. The Hall–Kier alpha value is -6.39. The third-order valence-electron chi connectivity index (χ3n) is 7.84. The molecule has 0 atom stereocenters. The van der Waals surface area contributed by atoms with Gasteiger partial charge in [0.1, 0.15) is 11.4 Å². The van der Waals surface area contributed by atoms with Crippen molar-refractivity contribution in [3.8, 4) is 23.0 Å². The lowest BCUT2D eigenvalue weighted by Gasteiger charge is -2.14. The van der Waals surface area contributed by atoms with Gasteiger partial charge < -0.3 is 15.3 Å². The SMILES string of the molecule is CCC(CC)NC(=O)c1ccc2[nH]nc(-c3nc4ccccc4[nH]3)c2c1.O=C=O.c1ccc2[nH]c(-c3n[nH]c4ccccc34)nc2c1. The first-order chi connectivity index (χ1) is 23.0. The zero-order valence-electron chi connectivity index (χ0n) is 25.7. The number of hydrogen-bond acceptors (Lipinski definition) is 7. The Morgan fingerprint density at radius 1 is 0.681 bits per heavy atom. The van der Waals surface area contributed by atoms with E-state index in [0.29, 0.717) is 17.1 Å². The van der Waals surface area contributed by atoms with Gasteiger partial charge in [0.15, 0.2) is 11.6 Å². The zero-order valence-corrected chi connectivity index (χ0v) is 25.7. The fraction of sp³-hybridized carbons (Fsp3) is 0.143. The van der Waals surface area contributed by atoms with Crippen LogP contribution in [0.5, 0.6) is 0 Å². The van der Waals surface area contributed by atoms with E-state index in [4.69, 9.17) is 9.59 Å². The molecule has 0 radical (unpaired) electrons. The number of nitrogens with one attached hydrogen (secondary N) is 5. The Balaban J connectivity index is 0.000000160. The molecule has 0 saturated carbocycles. The molecule has 0 fully saturated rings. The van der Waals surface area contributed by atoms with Gasteiger partial charge in [-0.3, -0.25) is 15.0 Å². The van der Waals surface area contributed by atoms with Gasteiger partial charge in [0, 0.05) is 22.4 Å². The van der Waals surface area contributed by atoms with Gasteiger partial charge in [-0.15, -0.1) is 0 Å². The Kier molecular flexibility index (Phi) is 8.94. The minimum Gasteiger partial charge on any atom is -0.349 e. The van der Waals surface area contributed by atoms with Crippen LogP contribution in [-0.2, 0) is 9.59 Å². The smallest absolute Gasteiger partial charge is 0.349 e. The molecule has 4 heterocycles. The van der Waals surface area contributed by atoms with Crippen LogP contribution in [0.1, 0.15) is 37.0 Å². The van der Waals surface area contributed by atoms with E-state index in [2.05, 4.69) is 59.5 Å². The first-order valence-corrected chi connectivity index (χ1v) is 15.1. The predicted molar refractivity (Wildman–Crippen MR) is 179 cm³/mol. The molecule has 47 heavy (non-hydrogen) atoms. The summed E-state index contributed by atoms with van der Waals surface area (Å²) in [7, 11) is 0. The Morgan fingerprint density at radius 3 is 1.72 bits per heavy atom. The van der Waals surface area contributed by atoms with E-state index in [9.17, 15) is 4.79 Å². The van der Waals surface area contributed by atoms with Crippen LogP contribution in [0.4, 0.5) is 0 Å². The lowest BCUT2D eigenvalue weighted by Crippen LogP contribution is -2.33. The van der Waals surface area contributed by atoms with E-state index in [1.54, 1.807) is 0 Å². The molecular weight excluding hydrogens is 594 g/mol. The van der Waals surface area contributed by atoms with Crippen molar-refractivity contribution in [3.63, 3.8) is 0 Å². The summed E-state index contributed by atoms with van der Waals surface area (Å²) in [4.78, 5) is 44.6. The first kappa shape index (κ1) is 30.6. The number of carbonyl (C=O) groups excluding carboxylic acids is 3. The largest absolute Gasteiger partial charge is 0.373 e. The number of benzene rings is 4. The van der Waals surface area contributed by atoms with Crippen molar-refractivity contribution >= 4 is 55.9 Å². The molecule has 0 aliphatic carbocycles. The van der Waals surface area contributed by atoms with Gasteiger partial charge in [-0.1, -0.05) is 56.3 Å². The average molecular weight is 626 g/mol. The number of carbonyl (C=O) groups is 1. The average Bonchev–Trinajstić information content (AvgIpc) is 3.91. The van der Waals surface area contributed by atoms with Gasteiger partial charge in [0.05, 0.1) is 33.1 Å². The number of fused-ring (bicyclic) bond motifs is 4. The van der Waals surface area contributed by atoms with E-state index >= 15 is 0 Å². The highest BCUT2D eigenvalue weighted by molar-refractivity contribution is 6.01. The Labute approximate surface area is 268 Å². The predicted octanol–water partition coefficient (Wildman–Crippen LogP) is 6.55. The molecule has 8 aromatic rings. The molecule has 1 amide bonds. The number of nitrogens with zero attached hydrogens (tertiary/aromatic N) is 4. The molecule has 0 aliphatic rings. The maximum Gasteiger partial charge on any atom is 0.373 e. The highest BCUT2D eigenvalue weighted by Crippen LogP contribution is 2.28. The van der Waals surface area contributed by atoms with Crippen LogP contribution in [0.2, 0.25) is 0 Å². The third kappa shape index (κ3) is 6.39. The number of H-pyrrole nitrogens is 4. The van der Waals surface area contributed by atoms with Crippen LogP contribution in [0.3, 0.4) is 0 Å². The molecular formula is C35H31N9O3. The van der Waals surface area contributed by atoms with Crippen molar-refractivity contribution in [3.05, 3.63) is 96.6 Å². The molecule has 4 aromatic carbocycles. The van der Waals surface area contributed by atoms with Gasteiger partial charge in [-0.2, -0.15) is 19.8 Å². The molecule has 0 saturated heterocycles. The van der Waals surface area contributed by atoms with Gasteiger partial charge in [0.2, 0.25) is 0 Å². The summed E-state index contributed by atoms with van der Waals surface area (Å²) in [5, 5.41) is 19.8. The van der Waals surface area contributed by atoms with Crippen molar-refractivity contribution < 1.29 is 14.4 Å². The second-order valence-corrected chi connectivity index (χ2v) is 10.7. The highest BCUT2D eigenvalue weighted by atomic mass is 16.2. The number of imidazole rings is 2. The van der Waals surface area contributed by atoms with E-state index in [1.807, 2.05) is 91.0 Å². The number of rotatable bonds is 6. The summed E-state index contributed by atoms with van der Waals surface area (Å²) in [5.41, 5.74) is 7.94. The van der Waals surface area contributed by atoms with Crippen LogP contribution >= 0.6 is 0 Å². The number of para-hydroxylation sites is 5. The summed E-state index contributed by atoms with van der Waals surface area (Å²) in [6.07, 6.45) is 2.08. The molecule has 4 aromatic heterocycles. The van der Waals surface area contributed by atoms with Gasteiger partial charge in [0.25, 0.3) is 5.91 Å². The highest BCUT2D eigenvalue weighted by Gasteiger charge is 2.16. The van der Waals surface area contributed by atoms with Crippen LogP contribution in [0.25, 0.3) is 66.9 Å². The maximum atomic E-state index is 12.6. The normalized spacial score (nSPS) is 10.9. The van der Waals surface area contributed by atoms with E-state index in [-0.39, 0.29) is 18.1 Å². The van der Waals surface area contributed by atoms with Gasteiger partial charge >= 0.3 is 6.15 Å². The van der Waals surface area contributed by atoms with Gasteiger partial charge in [-0.25, -0.2) is 9.97 Å². The molecule has 12 heteroatoms. The fourth-order valence-electron chi connectivity index (χ4n) is 5.37. The second-order valence-electron chi connectivity index (χ2n) is 10.7. The third-order valence-corrected chi connectivity index (χ3v) is 7.84. The Morgan fingerprint density at radius 2 is 1.17 bits per heavy atom. The van der Waals surface area contributed by atoms with E-state index < -0.39 is 0 Å². The van der Waals surface area contributed by atoms with Crippen molar-refractivity contribution in [1.29, 1.82) is 0 Å². The second kappa shape index (κ2) is 13.7. The van der Waals surface area contributed by atoms with Crippen molar-refractivity contribution in [2.75, 3.05) is 0 Å².